The lowest BCUT2D eigenvalue weighted by Crippen LogP contribution is -2.51. The van der Waals surface area contributed by atoms with Gasteiger partial charge in [-0.05, 0) is 32.0 Å². The largest absolute Gasteiger partial charge is 0.480 e. The Morgan fingerprint density at radius 2 is 1.90 bits per heavy atom. The van der Waals surface area contributed by atoms with Gasteiger partial charge in [0, 0.05) is 13.1 Å². The van der Waals surface area contributed by atoms with E-state index in [0.29, 0.717) is 13.0 Å². The average Bonchev–Trinajstić information content (AvgIpc) is 2.37. The molecule has 0 spiro atoms. The molecule has 1 unspecified atom stereocenters. The van der Waals surface area contributed by atoms with Crippen molar-refractivity contribution in [1.82, 2.24) is 10.2 Å². The summed E-state index contributed by atoms with van der Waals surface area (Å²) in [6.07, 6.45) is 0.569. The first-order valence-corrected chi connectivity index (χ1v) is 7.07. The summed E-state index contributed by atoms with van der Waals surface area (Å²) < 4.78 is 0. The molecule has 20 heavy (non-hydrogen) atoms. The molecule has 4 nitrogen and oxygen atoms in total. The Morgan fingerprint density at radius 3 is 2.35 bits per heavy atom. The Bertz CT molecular complexity index is 418. The molecule has 1 aromatic rings. The minimum atomic E-state index is -1.01. The van der Waals surface area contributed by atoms with Gasteiger partial charge in [-0.2, -0.15) is 0 Å². The molecule has 0 aliphatic carbocycles. The molecule has 0 saturated heterocycles. The van der Waals surface area contributed by atoms with Crippen molar-refractivity contribution in [2.24, 2.45) is 5.92 Å². The lowest BCUT2D eigenvalue weighted by molar-refractivity contribution is -0.146. The molecule has 0 fully saturated rings. The van der Waals surface area contributed by atoms with Crippen LogP contribution in [-0.4, -0.2) is 43.2 Å². The normalized spacial score (nSPS) is 14.5. The molecule has 0 aliphatic rings. The lowest BCUT2D eigenvalue weighted by atomic mass is 9.82. The number of carboxylic acids is 1. The maximum absolute atomic E-state index is 12.0. The van der Waals surface area contributed by atoms with Crippen LogP contribution >= 0.6 is 0 Å². The number of benzene rings is 1. The summed E-state index contributed by atoms with van der Waals surface area (Å²) in [5, 5.41) is 13.1. The van der Waals surface area contributed by atoms with Crippen molar-refractivity contribution in [2.45, 2.75) is 25.8 Å². The molecular weight excluding hydrogens is 252 g/mol. The SMILES string of the molecule is CC(C)CC(NCCN(C)C)(C(=O)O)c1ccccc1. The maximum Gasteiger partial charge on any atom is 0.328 e. The number of aliphatic carboxylic acids is 1. The van der Waals surface area contributed by atoms with Crippen molar-refractivity contribution in [3.8, 4) is 0 Å². The van der Waals surface area contributed by atoms with Gasteiger partial charge in [-0.25, -0.2) is 4.79 Å². The first kappa shape index (κ1) is 16.7. The van der Waals surface area contributed by atoms with Crippen LogP contribution < -0.4 is 5.32 Å². The zero-order valence-corrected chi connectivity index (χ0v) is 12.9. The highest BCUT2D eigenvalue weighted by molar-refractivity contribution is 5.80. The minimum Gasteiger partial charge on any atom is -0.480 e. The van der Waals surface area contributed by atoms with E-state index in [0.717, 1.165) is 12.1 Å². The Labute approximate surface area is 121 Å². The third kappa shape index (κ3) is 4.32. The molecular formula is C16H26N2O2. The number of rotatable bonds is 8. The van der Waals surface area contributed by atoms with Crippen LogP contribution in [0, 0.1) is 5.92 Å². The van der Waals surface area contributed by atoms with Crippen molar-refractivity contribution in [2.75, 3.05) is 27.2 Å². The van der Waals surface area contributed by atoms with Crippen molar-refractivity contribution >= 4 is 5.97 Å². The molecule has 4 heteroatoms. The van der Waals surface area contributed by atoms with Crippen LogP contribution in [0.5, 0.6) is 0 Å². The third-order valence-electron chi connectivity index (χ3n) is 3.33. The van der Waals surface area contributed by atoms with Gasteiger partial charge < -0.3 is 10.0 Å². The van der Waals surface area contributed by atoms with E-state index < -0.39 is 11.5 Å². The van der Waals surface area contributed by atoms with Crippen LogP contribution in [0.2, 0.25) is 0 Å². The lowest BCUT2D eigenvalue weighted by Gasteiger charge is -2.33. The maximum atomic E-state index is 12.0. The van der Waals surface area contributed by atoms with Gasteiger partial charge in [0.15, 0.2) is 0 Å². The van der Waals surface area contributed by atoms with Crippen LogP contribution in [-0.2, 0) is 10.3 Å². The summed E-state index contributed by atoms with van der Waals surface area (Å²) in [4.78, 5) is 14.0. The first-order chi connectivity index (χ1) is 9.38. The molecule has 0 aromatic heterocycles. The molecule has 0 saturated carbocycles. The van der Waals surface area contributed by atoms with Crippen molar-refractivity contribution in [1.29, 1.82) is 0 Å². The van der Waals surface area contributed by atoms with E-state index >= 15 is 0 Å². The highest BCUT2D eigenvalue weighted by atomic mass is 16.4. The number of nitrogens with zero attached hydrogens (tertiary/aromatic N) is 1. The van der Waals surface area contributed by atoms with E-state index in [9.17, 15) is 9.90 Å². The topological polar surface area (TPSA) is 52.6 Å². The number of carbonyl (C=O) groups is 1. The molecule has 0 bridgehead atoms. The fourth-order valence-electron chi connectivity index (χ4n) is 2.41. The van der Waals surface area contributed by atoms with Gasteiger partial charge in [-0.1, -0.05) is 44.2 Å². The van der Waals surface area contributed by atoms with Gasteiger partial charge >= 0.3 is 5.97 Å². The molecule has 0 heterocycles. The van der Waals surface area contributed by atoms with Crippen LogP contribution in [0.3, 0.4) is 0 Å². The summed E-state index contributed by atoms with van der Waals surface area (Å²) in [5.74, 6) is -0.519. The highest BCUT2D eigenvalue weighted by Crippen LogP contribution is 2.29. The zero-order chi connectivity index (χ0) is 15.2. The fourth-order valence-corrected chi connectivity index (χ4v) is 2.41. The average molecular weight is 278 g/mol. The van der Waals surface area contributed by atoms with Crippen LogP contribution in [0.4, 0.5) is 0 Å². The summed E-state index contributed by atoms with van der Waals surface area (Å²) in [6, 6.07) is 9.46. The Kier molecular flexibility index (Phi) is 6.17. The van der Waals surface area contributed by atoms with E-state index in [-0.39, 0.29) is 5.92 Å². The van der Waals surface area contributed by atoms with Crippen LogP contribution in [0.25, 0.3) is 0 Å². The smallest absolute Gasteiger partial charge is 0.328 e. The number of likely N-dealkylation sites (N-methyl/N-ethyl adjacent to an activating group) is 1. The van der Waals surface area contributed by atoms with Crippen molar-refractivity contribution in [3.63, 3.8) is 0 Å². The zero-order valence-electron chi connectivity index (χ0n) is 12.9. The number of hydrogen-bond acceptors (Lipinski definition) is 3. The standard InChI is InChI=1S/C16H26N2O2/c1-13(2)12-16(15(19)20,17-10-11-18(3)4)14-8-6-5-7-9-14/h5-9,13,17H,10-12H2,1-4H3,(H,19,20). The predicted octanol–water partition coefficient (Wildman–Crippen LogP) is 2.16. The monoisotopic (exact) mass is 278 g/mol. The van der Waals surface area contributed by atoms with E-state index in [1.165, 1.54) is 0 Å². The van der Waals surface area contributed by atoms with E-state index in [1.54, 1.807) is 0 Å². The Balaban J connectivity index is 3.05. The highest BCUT2D eigenvalue weighted by Gasteiger charge is 2.40. The van der Waals surface area contributed by atoms with Crippen LogP contribution in [0.1, 0.15) is 25.8 Å². The number of hydrogen-bond donors (Lipinski definition) is 2. The second-order valence-electron chi connectivity index (χ2n) is 5.90. The molecule has 0 amide bonds. The fraction of sp³-hybridized carbons (Fsp3) is 0.562. The third-order valence-corrected chi connectivity index (χ3v) is 3.33. The molecule has 2 N–H and O–H groups in total. The summed E-state index contributed by atoms with van der Waals surface area (Å²) in [5.41, 5.74) is -0.189. The van der Waals surface area contributed by atoms with Gasteiger partial charge in [-0.3, -0.25) is 5.32 Å². The second-order valence-corrected chi connectivity index (χ2v) is 5.90. The number of carboxylic acid groups (broad SMARTS) is 1. The van der Waals surface area contributed by atoms with Gasteiger partial charge in [0.25, 0.3) is 0 Å². The van der Waals surface area contributed by atoms with Gasteiger partial charge in [0.2, 0.25) is 0 Å². The molecule has 1 atom stereocenters. The molecule has 1 rings (SSSR count). The molecule has 0 aliphatic heterocycles. The molecule has 1 aromatic carbocycles. The first-order valence-electron chi connectivity index (χ1n) is 7.07. The summed E-state index contributed by atoms with van der Waals surface area (Å²) in [6.45, 7) is 5.55. The molecule has 112 valence electrons. The van der Waals surface area contributed by atoms with Gasteiger partial charge in [0.05, 0.1) is 0 Å². The van der Waals surface area contributed by atoms with Crippen molar-refractivity contribution in [3.05, 3.63) is 35.9 Å². The van der Waals surface area contributed by atoms with Gasteiger partial charge in [-0.15, -0.1) is 0 Å². The molecule has 0 radical (unpaired) electrons. The van der Waals surface area contributed by atoms with E-state index in [1.807, 2.05) is 63.2 Å². The quantitative estimate of drug-likeness (QED) is 0.765. The van der Waals surface area contributed by atoms with Crippen molar-refractivity contribution < 1.29 is 9.90 Å². The van der Waals surface area contributed by atoms with Gasteiger partial charge in [0.1, 0.15) is 5.54 Å². The van der Waals surface area contributed by atoms with Crippen LogP contribution in [0.15, 0.2) is 30.3 Å². The summed E-state index contributed by atoms with van der Waals surface area (Å²) in [7, 11) is 3.96. The van der Waals surface area contributed by atoms with E-state index in [2.05, 4.69) is 5.32 Å². The van der Waals surface area contributed by atoms with E-state index in [4.69, 9.17) is 0 Å². The Hall–Kier alpha value is -1.39. The summed E-state index contributed by atoms with van der Waals surface area (Å²) >= 11 is 0. The minimum absolute atomic E-state index is 0.290. The number of nitrogens with one attached hydrogen (secondary N) is 1. The predicted molar refractivity (Wildman–Crippen MR) is 81.8 cm³/mol. The Morgan fingerprint density at radius 1 is 1.30 bits per heavy atom. The second kappa shape index (κ2) is 7.41.